The Kier molecular flexibility index (Phi) is 4.53. The van der Waals surface area contributed by atoms with E-state index >= 15 is 0 Å². The molecule has 5 unspecified atom stereocenters. The Labute approximate surface area is 159 Å². The lowest BCUT2D eigenvalue weighted by Gasteiger charge is -2.63. The van der Waals surface area contributed by atoms with Gasteiger partial charge < -0.3 is 9.64 Å². The molecule has 4 rings (SSSR count). The van der Waals surface area contributed by atoms with E-state index < -0.39 is 0 Å². The molecule has 3 saturated carbocycles. The zero-order valence-electron chi connectivity index (χ0n) is 17.2. The number of carbonyl (C=O) groups is 1. The summed E-state index contributed by atoms with van der Waals surface area (Å²) in [5, 5.41) is 0. The second-order valence-electron chi connectivity index (χ2n) is 10.4. The summed E-state index contributed by atoms with van der Waals surface area (Å²) in [5.74, 6) is 3.41. The maximum Gasteiger partial charge on any atom is 0.222 e. The number of nitrogens with zero attached hydrogens (tertiary/aromatic N) is 1. The predicted molar refractivity (Wildman–Crippen MR) is 105 cm³/mol. The van der Waals surface area contributed by atoms with Crippen LogP contribution in [0.3, 0.4) is 0 Å². The molecule has 1 saturated heterocycles. The third-order valence-electron chi connectivity index (χ3n) is 9.11. The van der Waals surface area contributed by atoms with Crippen molar-refractivity contribution in [2.24, 2.45) is 34.5 Å². The first-order valence-electron chi connectivity index (χ1n) is 10.8. The third kappa shape index (κ3) is 2.60. The fourth-order valence-corrected chi connectivity index (χ4v) is 7.79. The van der Waals surface area contributed by atoms with E-state index in [1.807, 2.05) is 6.08 Å². The number of carbonyl (C=O) groups excluding carboxylic acids is 1. The van der Waals surface area contributed by atoms with Gasteiger partial charge in [-0.1, -0.05) is 26.8 Å². The monoisotopic (exact) mass is 359 g/mol. The molecule has 4 aliphatic rings. The Morgan fingerprint density at radius 3 is 2.77 bits per heavy atom. The van der Waals surface area contributed by atoms with E-state index in [0.29, 0.717) is 41.4 Å². The van der Waals surface area contributed by atoms with E-state index in [4.69, 9.17) is 4.74 Å². The number of ether oxygens (including phenoxy) is 1. The Balaban J connectivity index is 1.61. The Bertz CT molecular complexity index is 589. The summed E-state index contributed by atoms with van der Waals surface area (Å²) in [4.78, 5) is 14.4. The van der Waals surface area contributed by atoms with Gasteiger partial charge >= 0.3 is 0 Å². The molecule has 3 nitrogen and oxygen atoms in total. The standard InChI is InChI=1S/C23H37NO2/c1-6-11-26-16-13-18-21-15(2)12-19-23(4,10-8-20(25)24(19)5)17(21)7-9-22(18,3)14-16/h6,15-19,21H,1,7-14H2,2-5H3/t15?,16-,17?,18?,19?,21?,22+,23+/m0/s1. The van der Waals surface area contributed by atoms with Gasteiger partial charge in [-0.05, 0) is 73.0 Å². The highest BCUT2D eigenvalue weighted by atomic mass is 16.5. The Morgan fingerprint density at radius 2 is 2.04 bits per heavy atom. The lowest BCUT2D eigenvalue weighted by atomic mass is 9.45. The average molecular weight is 360 g/mol. The quantitative estimate of drug-likeness (QED) is 0.686. The van der Waals surface area contributed by atoms with Crippen molar-refractivity contribution >= 4 is 5.91 Å². The van der Waals surface area contributed by atoms with Crippen molar-refractivity contribution in [2.45, 2.75) is 77.9 Å². The highest BCUT2D eigenvalue weighted by Crippen LogP contribution is 2.66. The molecule has 0 N–H and O–H groups in total. The van der Waals surface area contributed by atoms with Gasteiger partial charge in [-0.3, -0.25) is 4.79 Å². The second kappa shape index (κ2) is 6.36. The maximum atomic E-state index is 12.3. The highest BCUT2D eigenvalue weighted by molar-refractivity contribution is 5.77. The molecule has 0 spiro atoms. The van der Waals surface area contributed by atoms with Crippen molar-refractivity contribution in [1.29, 1.82) is 0 Å². The molecule has 0 bridgehead atoms. The first kappa shape index (κ1) is 18.5. The van der Waals surface area contributed by atoms with Gasteiger partial charge in [-0.25, -0.2) is 0 Å². The van der Waals surface area contributed by atoms with Crippen LogP contribution in [0.5, 0.6) is 0 Å². The molecule has 0 radical (unpaired) electrons. The van der Waals surface area contributed by atoms with Crippen LogP contribution in [0.15, 0.2) is 12.7 Å². The van der Waals surface area contributed by atoms with Crippen molar-refractivity contribution in [3.8, 4) is 0 Å². The SMILES string of the molecule is C=CCO[C@H]1CC2C3C(C)CC4N(C)C(=O)CC[C@]4(C)C3CC[C@]2(C)C1. The first-order valence-corrected chi connectivity index (χ1v) is 10.8. The average Bonchev–Trinajstić information content (AvgIpc) is 2.95. The smallest absolute Gasteiger partial charge is 0.222 e. The number of likely N-dealkylation sites (tertiary alicyclic amines) is 1. The minimum absolute atomic E-state index is 0.307. The number of hydrogen-bond donors (Lipinski definition) is 0. The molecule has 26 heavy (non-hydrogen) atoms. The molecule has 0 aromatic rings. The van der Waals surface area contributed by atoms with Gasteiger partial charge in [-0.15, -0.1) is 6.58 Å². The largest absolute Gasteiger partial charge is 0.374 e. The molecular formula is C23H37NO2. The van der Waals surface area contributed by atoms with E-state index in [1.54, 1.807) is 0 Å². The van der Waals surface area contributed by atoms with Gasteiger partial charge in [0.1, 0.15) is 0 Å². The van der Waals surface area contributed by atoms with Crippen molar-refractivity contribution in [3.05, 3.63) is 12.7 Å². The number of fused-ring (bicyclic) bond motifs is 5. The van der Waals surface area contributed by atoms with Crippen LogP contribution in [0, 0.1) is 34.5 Å². The van der Waals surface area contributed by atoms with Crippen LogP contribution in [0.1, 0.15) is 65.7 Å². The van der Waals surface area contributed by atoms with Gasteiger partial charge in [0, 0.05) is 19.5 Å². The fourth-order valence-electron chi connectivity index (χ4n) is 7.79. The molecule has 3 aliphatic carbocycles. The maximum absolute atomic E-state index is 12.3. The molecule has 146 valence electrons. The number of amides is 1. The number of hydrogen-bond acceptors (Lipinski definition) is 2. The fraction of sp³-hybridized carbons (Fsp3) is 0.870. The van der Waals surface area contributed by atoms with Gasteiger partial charge in [-0.2, -0.15) is 0 Å². The van der Waals surface area contributed by atoms with Gasteiger partial charge in [0.05, 0.1) is 12.7 Å². The minimum atomic E-state index is 0.307. The van der Waals surface area contributed by atoms with Crippen LogP contribution in [0.25, 0.3) is 0 Å². The van der Waals surface area contributed by atoms with E-state index in [0.717, 1.165) is 30.6 Å². The second-order valence-corrected chi connectivity index (χ2v) is 10.4. The van der Waals surface area contributed by atoms with Gasteiger partial charge in [0.2, 0.25) is 5.91 Å². The summed E-state index contributed by atoms with van der Waals surface area (Å²) in [7, 11) is 2.05. The molecular weight excluding hydrogens is 322 g/mol. The van der Waals surface area contributed by atoms with E-state index in [2.05, 4.69) is 39.3 Å². The van der Waals surface area contributed by atoms with Crippen LogP contribution in [-0.4, -0.2) is 36.6 Å². The summed E-state index contributed by atoms with van der Waals surface area (Å²) in [5.41, 5.74) is 0.752. The lowest BCUT2D eigenvalue weighted by Crippen LogP contribution is -2.62. The summed E-state index contributed by atoms with van der Waals surface area (Å²) in [6.07, 6.45) is 10.4. The Hall–Kier alpha value is -0.830. The normalized spacial score (nSPS) is 50.8. The van der Waals surface area contributed by atoms with Gasteiger partial charge in [0.15, 0.2) is 0 Å². The van der Waals surface area contributed by atoms with Crippen molar-refractivity contribution in [2.75, 3.05) is 13.7 Å². The Morgan fingerprint density at radius 1 is 1.27 bits per heavy atom. The van der Waals surface area contributed by atoms with E-state index in [9.17, 15) is 4.79 Å². The van der Waals surface area contributed by atoms with E-state index in [-0.39, 0.29) is 0 Å². The minimum Gasteiger partial charge on any atom is -0.374 e. The van der Waals surface area contributed by atoms with Crippen LogP contribution >= 0.6 is 0 Å². The molecule has 3 heteroatoms. The molecule has 1 amide bonds. The summed E-state index contributed by atoms with van der Waals surface area (Å²) in [6.45, 7) is 12.0. The van der Waals surface area contributed by atoms with Crippen molar-refractivity contribution < 1.29 is 9.53 Å². The molecule has 0 aromatic carbocycles. The summed E-state index contributed by atoms with van der Waals surface area (Å²) in [6, 6.07) is 0.443. The summed E-state index contributed by atoms with van der Waals surface area (Å²) < 4.78 is 6.12. The third-order valence-corrected chi connectivity index (χ3v) is 9.11. The highest BCUT2D eigenvalue weighted by Gasteiger charge is 2.62. The zero-order chi connectivity index (χ0) is 18.7. The van der Waals surface area contributed by atoms with Crippen molar-refractivity contribution in [1.82, 2.24) is 4.90 Å². The molecule has 1 heterocycles. The first-order chi connectivity index (χ1) is 12.3. The summed E-state index contributed by atoms with van der Waals surface area (Å²) >= 11 is 0. The molecule has 1 aliphatic heterocycles. The molecule has 4 fully saturated rings. The van der Waals surface area contributed by atoms with E-state index in [1.165, 1.54) is 32.1 Å². The lowest BCUT2D eigenvalue weighted by molar-refractivity contribution is -0.164. The zero-order valence-corrected chi connectivity index (χ0v) is 17.2. The number of piperidine rings is 1. The van der Waals surface area contributed by atoms with Crippen molar-refractivity contribution in [3.63, 3.8) is 0 Å². The van der Waals surface area contributed by atoms with Crippen LogP contribution in [-0.2, 0) is 9.53 Å². The molecule has 8 atom stereocenters. The van der Waals surface area contributed by atoms with Crippen LogP contribution < -0.4 is 0 Å². The topological polar surface area (TPSA) is 29.5 Å². The molecule has 0 aromatic heterocycles. The van der Waals surface area contributed by atoms with Gasteiger partial charge in [0.25, 0.3) is 0 Å². The number of rotatable bonds is 3. The van der Waals surface area contributed by atoms with Crippen LogP contribution in [0.2, 0.25) is 0 Å². The predicted octanol–water partition coefficient (Wildman–Crippen LogP) is 4.67. The van der Waals surface area contributed by atoms with Crippen LogP contribution in [0.4, 0.5) is 0 Å².